The summed E-state index contributed by atoms with van der Waals surface area (Å²) in [4.78, 5) is 13.0. The zero-order chi connectivity index (χ0) is 14.7. The summed E-state index contributed by atoms with van der Waals surface area (Å²) in [6.07, 6.45) is 0. The van der Waals surface area contributed by atoms with Gasteiger partial charge in [0.25, 0.3) is 0 Å². The highest BCUT2D eigenvalue weighted by Crippen LogP contribution is 2.42. The van der Waals surface area contributed by atoms with Crippen LogP contribution in [0.2, 0.25) is 0 Å². The second kappa shape index (κ2) is 6.33. The zero-order valence-electron chi connectivity index (χ0n) is 11.0. The number of hydrogen-bond donors (Lipinski definition) is 1. The van der Waals surface area contributed by atoms with Gasteiger partial charge in [0.05, 0.1) is 4.90 Å². The minimum Gasteiger partial charge on any atom is -0.508 e. The highest BCUT2D eigenvalue weighted by molar-refractivity contribution is 9.10. The molecule has 0 aliphatic carbocycles. The zero-order valence-corrected chi connectivity index (χ0v) is 13.4. The molecule has 104 valence electrons. The number of aromatic hydroxyl groups is 1. The van der Waals surface area contributed by atoms with Crippen LogP contribution in [0.15, 0.2) is 50.7 Å². The van der Waals surface area contributed by atoms with Gasteiger partial charge in [0, 0.05) is 16.3 Å². The third-order valence-corrected chi connectivity index (χ3v) is 4.97. The van der Waals surface area contributed by atoms with E-state index in [0.717, 1.165) is 19.8 Å². The number of hydrogen-bond acceptors (Lipinski definition) is 4. The first-order valence-corrected chi connectivity index (χ1v) is 7.52. The number of halogens is 1. The molecule has 0 aliphatic rings. The van der Waals surface area contributed by atoms with Crippen molar-refractivity contribution in [2.24, 2.45) is 0 Å². The molecule has 2 rings (SSSR count). The fourth-order valence-corrected chi connectivity index (χ4v) is 3.14. The molecule has 20 heavy (non-hydrogen) atoms. The molecule has 0 spiro atoms. The van der Waals surface area contributed by atoms with Crippen LogP contribution >= 0.6 is 27.7 Å². The maximum Gasteiger partial charge on any atom is 0.308 e. The Morgan fingerprint density at radius 2 is 1.85 bits per heavy atom. The van der Waals surface area contributed by atoms with Crippen LogP contribution in [-0.4, -0.2) is 11.1 Å². The Kier molecular flexibility index (Phi) is 4.73. The van der Waals surface area contributed by atoms with E-state index in [1.165, 1.54) is 18.7 Å². The second-order valence-electron chi connectivity index (χ2n) is 4.21. The number of aryl methyl sites for hydroxylation is 1. The van der Waals surface area contributed by atoms with Gasteiger partial charge in [-0.2, -0.15) is 0 Å². The Hall–Kier alpha value is -1.46. The molecule has 0 unspecified atom stereocenters. The van der Waals surface area contributed by atoms with E-state index in [4.69, 9.17) is 4.74 Å². The van der Waals surface area contributed by atoms with Gasteiger partial charge in [-0.05, 0) is 58.7 Å². The van der Waals surface area contributed by atoms with Gasteiger partial charge < -0.3 is 9.84 Å². The van der Waals surface area contributed by atoms with Crippen LogP contribution in [0, 0.1) is 6.92 Å². The Morgan fingerprint density at radius 3 is 2.45 bits per heavy atom. The predicted molar refractivity (Wildman–Crippen MR) is 82.4 cm³/mol. The molecule has 0 saturated carbocycles. The van der Waals surface area contributed by atoms with E-state index in [-0.39, 0.29) is 11.7 Å². The molecular formula is C15H13BrO3S. The van der Waals surface area contributed by atoms with Gasteiger partial charge in [-0.25, -0.2) is 0 Å². The van der Waals surface area contributed by atoms with Crippen molar-refractivity contribution in [1.82, 2.24) is 0 Å². The average molecular weight is 353 g/mol. The number of carbonyl (C=O) groups is 1. The van der Waals surface area contributed by atoms with Crippen molar-refractivity contribution in [2.75, 3.05) is 0 Å². The van der Waals surface area contributed by atoms with Crippen LogP contribution in [0.5, 0.6) is 11.5 Å². The molecule has 0 amide bonds. The summed E-state index contributed by atoms with van der Waals surface area (Å²) in [5.41, 5.74) is 1.06. The molecule has 0 atom stereocenters. The Morgan fingerprint density at radius 1 is 1.20 bits per heavy atom. The first kappa shape index (κ1) is 14.9. The van der Waals surface area contributed by atoms with E-state index in [2.05, 4.69) is 15.9 Å². The molecule has 0 radical (unpaired) electrons. The lowest BCUT2D eigenvalue weighted by Crippen LogP contribution is -2.03. The van der Waals surface area contributed by atoms with Crippen molar-refractivity contribution in [3.63, 3.8) is 0 Å². The molecule has 2 aromatic carbocycles. The van der Waals surface area contributed by atoms with Gasteiger partial charge in [0.2, 0.25) is 0 Å². The van der Waals surface area contributed by atoms with E-state index in [1.807, 2.05) is 25.1 Å². The van der Waals surface area contributed by atoms with Crippen LogP contribution in [0.1, 0.15) is 12.5 Å². The number of phenolic OH excluding ortho intramolecular Hbond substituents is 1. The Balaban J connectivity index is 2.40. The van der Waals surface area contributed by atoms with Crippen LogP contribution < -0.4 is 4.74 Å². The fourth-order valence-electron chi connectivity index (χ4n) is 1.60. The molecule has 3 nitrogen and oxygen atoms in total. The van der Waals surface area contributed by atoms with Gasteiger partial charge in [-0.15, -0.1) is 0 Å². The van der Waals surface area contributed by atoms with Gasteiger partial charge in [-0.3, -0.25) is 4.79 Å². The van der Waals surface area contributed by atoms with Crippen molar-refractivity contribution >= 4 is 33.7 Å². The van der Waals surface area contributed by atoms with E-state index < -0.39 is 0 Å². The van der Waals surface area contributed by atoms with E-state index in [1.54, 1.807) is 18.2 Å². The van der Waals surface area contributed by atoms with Crippen LogP contribution in [0.25, 0.3) is 0 Å². The van der Waals surface area contributed by atoms with Crippen molar-refractivity contribution in [2.45, 2.75) is 23.6 Å². The fraction of sp³-hybridized carbons (Fsp3) is 0.133. The summed E-state index contributed by atoms with van der Waals surface area (Å²) in [6.45, 7) is 3.35. The number of benzene rings is 2. The van der Waals surface area contributed by atoms with Crippen molar-refractivity contribution in [1.29, 1.82) is 0 Å². The number of ether oxygens (including phenoxy) is 1. The van der Waals surface area contributed by atoms with Gasteiger partial charge in [0.1, 0.15) is 11.5 Å². The Bertz CT molecular complexity index is 638. The summed E-state index contributed by atoms with van der Waals surface area (Å²) < 4.78 is 6.14. The largest absolute Gasteiger partial charge is 0.508 e. The van der Waals surface area contributed by atoms with Gasteiger partial charge >= 0.3 is 5.97 Å². The molecule has 1 N–H and O–H groups in total. The quantitative estimate of drug-likeness (QED) is 0.650. The maximum absolute atomic E-state index is 11.2. The molecule has 0 aliphatic heterocycles. The highest BCUT2D eigenvalue weighted by Gasteiger charge is 2.14. The van der Waals surface area contributed by atoms with Crippen LogP contribution in [0.3, 0.4) is 0 Å². The molecule has 0 fully saturated rings. The number of phenols is 1. The molecular weight excluding hydrogens is 340 g/mol. The standard InChI is InChI=1S/C15H13BrO3S/c1-9-3-8-13(19-10(2)17)15(14(9)16)20-12-6-4-11(18)5-7-12/h3-8,18H,1-2H3. The summed E-state index contributed by atoms with van der Waals surface area (Å²) in [7, 11) is 0. The normalized spacial score (nSPS) is 10.3. The lowest BCUT2D eigenvalue weighted by Gasteiger charge is -2.12. The SMILES string of the molecule is CC(=O)Oc1ccc(C)c(Br)c1Sc1ccc(O)cc1. The van der Waals surface area contributed by atoms with Crippen LogP contribution in [0.4, 0.5) is 0 Å². The molecule has 0 bridgehead atoms. The first-order chi connectivity index (χ1) is 9.47. The van der Waals surface area contributed by atoms with Crippen molar-refractivity contribution in [3.8, 4) is 11.5 Å². The van der Waals surface area contributed by atoms with Gasteiger partial charge in [0.15, 0.2) is 0 Å². The maximum atomic E-state index is 11.2. The third kappa shape index (κ3) is 3.55. The molecule has 0 heterocycles. The van der Waals surface area contributed by atoms with E-state index >= 15 is 0 Å². The topological polar surface area (TPSA) is 46.5 Å². The van der Waals surface area contributed by atoms with Crippen molar-refractivity contribution in [3.05, 3.63) is 46.4 Å². The predicted octanol–water partition coefficient (Wildman–Crippen LogP) is 4.54. The van der Waals surface area contributed by atoms with Crippen molar-refractivity contribution < 1.29 is 14.6 Å². The lowest BCUT2D eigenvalue weighted by molar-refractivity contribution is -0.132. The molecule has 5 heteroatoms. The lowest BCUT2D eigenvalue weighted by atomic mass is 10.2. The molecule has 2 aromatic rings. The number of rotatable bonds is 3. The van der Waals surface area contributed by atoms with E-state index in [0.29, 0.717) is 5.75 Å². The first-order valence-electron chi connectivity index (χ1n) is 5.92. The van der Waals surface area contributed by atoms with Crippen LogP contribution in [-0.2, 0) is 4.79 Å². The number of esters is 1. The van der Waals surface area contributed by atoms with E-state index in [9.17, 15) is 9.90 Å². The summed E-state index contributed by atoms with van der Waals surface area (Å²) in [5.74, 6) is 0.388. The number of carbonyl (C=O) groups excluding carboxylic acids is 1. The average Bonchev–Trinajstić information content (AvgIpc) is 2.40. The smallest absolute Gasteiger partial charge is 0.308 e. The summed E-state index contributed by atoms with van der Waals surface area (Å²) in [6, 6.07) is 10.5. The Labute approximate surface area is 130 Å². The highest BCUT2D eigenvalue weighted by atomic mass is 79.9. The monoisotopic (exact) mass is 352 g/mol. The summed E-state index contributed by atoms with van der Waals surface area (Å²) >= 11 is 5.00. The summed E-state index contributed by atoms with van der Waals surface area (Å²) in [5, 5.41) is 9.31. The van der Waals surface area contributed by atoms with Gasteiger partial charge in [-0.1, -0.05) is 17.8 Å². The molecule has 0 saturated heterocycles. The molecule has 0 aromatic heterocycles. The minimum atomic E-state index is -0.353. The second-order valence-corrected chi connectivity index (χ2v) is 6.09. The minimum absolute atomic E-state index is 0.220. The third-order valence-electron chi connectivity index (χ3n) is 2.56.